The van der Waals surface area contributed by atoms with Gasteiger partial charge in [-0.2, -0.15) is 0 Å². The fraction of sp³-hybridized carbons (Fsp3) is 0.556. The molecule has 116 valence electrons. The number of hydrogen-bond acceptors (Lipinski definition) is 3. The maximum Gasteiger partial charge on any atom is 0.112 e. The summed E-state index contributed by atoms with van der Waals surface area (Å²) >= 11 is 0. The average Bonchev–Trinajstić information content (AvgIpc) is 2.94. The van der Waals surface area contributed by atoms with Crippen LogP contribution in [0.15, 0.2) is 24.3 Å². The van der Waals surface area contributed by atoms with Crippen LogP contribution in [0.5, 0.6) is 0 Å². The standard InChI is InChI=1S/C18H22N2O2/c1-11-18(21)10-20-8-7-15(18)17(2,22-11)16-13(9-20)12-5-3-4-6-14(12)19-16/h3-6,11,15,19,21H,7-10H2,1-2H3/t11-,15-,17-,18-/m1/s1. The van der Waals surface area contributed by atoms with E-state index in [4.69, 9.17) is 4.74 Å². The molecule has 2 N–H and O–H groups in total. The highest BCUT2D eigenvalue weighted by Gasteiger charge is 2.63. The number of aromatic nitrogens is 1. The van der Waals surface area contributed by atoms with Gasteiger partial charge < -0.3 is 14.8 Å². The van der Waals surface area contributed by atoms with Crippen LogP contribution in [0.1, 0.15) is 31.5 Å². The first-order chi connectivity index (χ1) is 10.5. The molecule has 1 aromatic heterocycles. The molecule has 0 saturated carbocycles. The Morgan fingerprint density at radius 1 is 1.36 bits per heavy atom. The molecule has 5 atom stereocenters. The molecule has 0 radical (unpaired) electrons. The van der Waals surface area contributed by atoms with Gasteiger partial charge in [-0.3, -0.25) is 4.90 Å². The Hall–Kier alpha value is -1.36. The molecule has 22 heavy (non-hydrogen) atoms. The van der Waals surface area contributed by atoms with Gasteiger partial charge in [0.1, 0.15) is 11.2 Å². The Balaban J connectivity index is 1.83. The average molecular weight is 298 g/mol. The van der Waals surface area contributed by atoms with Crippen molar-refractivity contribution in [2.45, 2.75) is 44.1 Å². The molecule has 0 amide bonds. The molecule has 0 spiro atoms. The molecule has 4 bridgehead atoms. The topological polar surface area (TPSA) is 48.5 Å². The number of ether oxygens (including phenoxy) is 1. The van der Waals surface area contributed by atoms with Crippen molar-refractivity contribution in [3.8, 4) is 0 Å². The number of piperidine rings is 1. The summed E-state index contributed by atoms with van der Waals surface area (Å²) in [5, 5.41) is 12.6. The van der Waals surface area contributed by atoms with E-state index in [-0.39, 0.29) is 12.0 Å². The highest BCUT2D eigenvalue weighted by Crippen LogP contribution is 2.55. The molecule has 0 aliphatic carbocycles. The van der Waals surface area contributed by atoms with Crippen LogP contribution in [0.25, 0.3) is 10.9 Å². The fourth-order valence-corrected chi connectivity index (χ4v) is 5.20. The lowest BCUT2D eigenvalue weighted by Crippen LogP contribution is -2.58. The predicted molar refractivity (Wildman–Crippen MR) is 84.5 cm³/mol. The number of H-pyrrole nitrogens is 1. The van der Waals surface area contributed by atoms with Crippen LogP contribution >= 0.6 is 0 Å². The van der Waals surface area contributed by atoms with Crippen molar-refractivity contribution in [3.05, 3.63) is 35.5 Å². The van der Waals surface area contributed by atoms with Crippen LogP contribution in [0.2, 0.25) is 0 Å². The Kier molecular flexibility index (Phi) is 2.35. The SMILES string of the molecule is C[C@H]1O[C@@]2(C)c3[nH]c4ccccc4c3CN3CC[C@H]2[C@@]1(O)C3. The second-order valence-corrected chi connectivity index (χ2v) is 7.43. The maximum atomic E-state index is 11.3. The minimum Gasteiger partial charge on any atom is -0.385 e. The molecule has 1 unspecified atom stereocenters. The van der Waals surface area contributed by atoms with Crippen LogP contribution in [-0.2, 0) is 16.9 Å². The van der Waals surface area contributed by atoms with Crippen molar-refractivity contribution in [2.75, 3.05) is 13.1 Å². The van der Waals surface area contributed by atoms with E-state index < -0.39 is 11.2 Å². The summed E-state index contributed by atoms with van der Waals surface area (Å²) in [5.41, 5.74) is 2.53. The Labute approximate surface area is 130 Å². The van der Waals surface area contributed by atoms with Gasteiger partial charge >= 0.3 is 0 Å². The Morgan fingerprint density at radius 3 is 3.05 bits per heavy atom. The van der Waals surface area contributed by atoms with Gasteiger partial charge in [0.05, 0.1) is 11.8 Å². The highest BCUT2D eigenvalue weighted by atomic mass is 16.5. The van der Waals surface area contributed by atoms with Gasteiger partial charge in [0.25, 0.3) is 0 Å². The number of fused-ring (bicyclic) bond motifs is 2. The normalized spacial score (nSPS) is 43.1. The summed E-state index contributed by atoms with van der Waals surface area (Å²) in [6.07, 6.45) is 0.856. The van der Waals surface area contributed by atoms with E-state index in [0.717, 1.165) is 19.5 Å². The second kappa shape index (κ2) is 3.94. The summed E-state index contributed by atoms with van der Waals surface area (Å²) in [6, 6.07) is 8.48. The van der Waals surface area contributed by atoms with Crippen molar-refractivity contribution in [3.63, 3.8) is 0 Å². The monoisotopic (exact) mass is 298 g/mol. The molecular weight excluding hydrogens is 276 g/mol. The minimum absolute atomic E-state index is 0.136. The minimum atomic E-state index is -0.734. The lowest BCUT2D eigenvalue weighted by atomic mass is 9.69. The van der Waals surface area contributed by atoms with E-state index in [0.29, 0.717) is 6.54 Å². The maximum absolute atomic E-state index is 11.3. The van der Waals surface area contributed by atoms with Gasteiger partial charge in [-0.15, -0.1) is 0 Å². The molecule has 5 heterocycles. The lowest BCUT2D eigenvalue weighted by molar-refractivity contribution is -0.0871. The zero-order valence-electron chi connectivity index (χ0n) is 13.1. The molecule has 4 heteroatoms. The molecule has 2 saturated heterocycles. The highest BCUT2D eigenvalue weighted by molar-refractivity contribution is 5.85. The second-order valence-electron chi connectivity index (χ2n) is 7.43. The molecular formula is C18H22N2O2. The van der Waals surface area contributed by atoms with E-state index in [1.807, 2.05) is 6.92 Å². The molecule has 4 nitrogen and oxygen atoms in total. The number of para-hydroxylation sites is 1. The van der Waals surface area contributed by atoms with Gasteiger partial charge in [-0.05, 0) is 38.4 Å². The fourth-order valence-electron chi connectivity index (χ4n) is 5.20. The molecule has 1 aromatic carbocycles. The summed E-state index contributed by atoms with van der Waals surface area (Å²) in [5.74, 6) is 0.151. The number of benzene rings is 1. The van der Waals surface area contributed by atoms with Crippen molar-refractivity contribution in [1.82, 2.24) is 9.88 Å². The first-order valence-corrected chi connectivity index (χ1v) is 8.25. The first-order valence-electron chi connectivity index (χ1n) is 8.25. The van der Waals surface area contributed by atoms with Crippen molar-refractivity contribution in [2.24, 2.45) is 5.92 Å². The number of hydrogen-bond donors (Lipinski definition) is 2. The van der Waals surface area contributed by atoms with Gasteiger partial charge in [0.15, 0.2) is 0 Å². The van der Waals surface area contributed by atoms with Crippen molar-refractivity contribution in [1.29, 1.82) is 0 Å². The zero-order chi connectivity index (χ0) is 15.1. The quantitative estimate of drug-likeness (QED) is 0.785. The summed E-state index contributed by atoms with van der Waals surface area (Å²) < 4.78 is 6.41. The Morgan fingerprint density at radius 2 is 2.18 bits per heavy atom. The largest absolute Gasteiger partial charge is 0.385 e. The lowest BCUT2D eigenvalue weighted by Gasteiger charge is -2.47. The van der Waals surface area contributed by atoms with Crippen LogP contribution < -0.4 is 0 Å². The first kappa shape index (κ1) is 13.1. The summed E-state index contributed by atoms with van der Waals surface area (Å²) in [4.78, 5) is 6.00. The third kappa shape index (κ3) is 1.39. The van der Waals surface area contributed by atoms with Crippen molar-refractivity contribution < 1.29 is 9.84 Å². The van der Waals surface area contributed by atoms with E-state index in [1.165, 1.54) is 22.2 Å². The van der Waals surface area contributed by atoms with Crippen LogP contribution in [0, 0.1) is 5.92 Å². The molecule has 4 aliphatic heterocycles. The van der Waals surface area contributed by atoms with Crippen LogP contribution in [0.4, 0.5) is 0 Å². The van der Waals surface area contributed by atoms with Crippen LogP contribution in [0.3, 0.4) is 0 Å². The van der Waals surface area contributed by atoms with Crippen LogP contribution in [-0.4, -0.2) is 39.8 Å². The summed E-state index contributed by atoms with van der Waals surface area (Å²) in [7, 11) is 0. The molecule has 2 fully saturated rings. The summed E-state index contributed by atoms with van der Waals surface area (Å²) in [6.45, 7) is 6.84. The number of nitrogens with zero attached hydrogens (tertiary/aromatic N) is 1. The molecule has 6 rings (SSSR count). The van der Waals surface area contributed by atoms with Crippen molar-refractivity contribution >= 4 is 10.9 Å². The predicted octanol–water partition coefficient (Wildman–Crippen LogP) is 2.37. The smallest absolute Gasteiger partial charge is 0.112 e. The van der Waals surface area contributed by atoms with Gasteiger partial charge in [0, 0.05) is 29.9 Å². The zero-order valence-corrected chi connectivity index (χ0v) is 13.1. The third-order valence-corrected chi connectivity index (χ3v) is 6.30. The van der Waals surface area contributed by atoms with E-state index in [9.17, 15) is 5.11 Å². The third-order valence-electron chi connectivity index (χ3n) is 6.30. The van der Waals surface area contributed by atoms with Gasteiger partial charge in [-0.25, -0.2) is 0 Å². The number of nitrogens with one attached hydrogen (secondary N) is 1. The van der Waals surface area contributed by atoms with Gasteiger partial charge in [0.2, 0.25) is 0 Å². The molecule has 4 aliphatic rings. The number of rotatable bonds is 0. The van der Waals surface area contributed by atoms with E-state index in [2.05, 4.69) is 41.1 Å². The Bertz CT molecular complexity index is 770. The van der Waals surface area contributed by atoms with E-state index >= 15 is 0 Å². The van der Waals surface area contributed by atoms with Gasteiger partial charge in [-0.1, -0.05) is 18.2 Å². The molecule has 2 aromatic rings. The number of aromatic amines is 1. The van der Waals surface area contributed by atoms with E-state index in [1.54, 1.807) is 0 Å². The number of aliphatic hydroxyl groups is 1.